The molecule has 0 bridgehead atoms. The highest BCUT2D eigenvalue weighted by Gasteiger charge is 2.81. The molecule has 1 aliphatic carbocycles. The molecular formula is C17H22N2O4. The molecule has 2 fully saturated rings. The van der Waals surface area contributed by atoms with Gasteiger partial charge in [-0.2, -0.15) is 0 Å². The number of carbonyl (C=O) groups is 3. The number of amides is 3. The first-order chi connectivity index (χ1) is 10.7. The summed E-state index contributed by atoms with van der Waals surface area (Å²) in [7, 11) is 1.27. The molecule has 6 heteroatoms. The molecule has 3 amide bonds. The van der Waals surface area contributed by atoms with Gasteiger partial charge in [-0.15, -0.1) is 6.42 Å². The summed E-state index contributed by atoms with van der Waals surface area (Å²) in [6, 6.07) is -0.531. The van der Waals surface area contributed by atoms with Gasteiger partial charge < -0.3 is 9.64 Å². The van der Waals surface area contributed by atoms with Crippen molar-refractivity contribution < 1.29 is 19.1 Å². The minimum absolute atomic E-state index is 0.0338. The Kier molecular flexibility index (Phi) is 4.02. The lowest BCUT2D eigenvalue weighted by Gasteiger charge is -2.27. The molecule has 2 atom stereocenters. The van der Waals surface area contributed by atoms with E-state index in [0.717, 1.165) is 10.5 Å². The molecule has 124 valence electrons. The molecule has 0 N–H and O–H groups in total. The number of ether oxygens (including phenoxy) is 1. The first kappa shape index (κ1) is 17.1. The Morgan fingerprint density at radius 1 is 1.43 bits per heavy atom. The van der Waals surface area contributed by atoms with E-state index < -0.39 is 28.9 Å². The standard InChI is InChI=1S/C17H22N2O4/c1-7-8-18-10-13(20)19(15(18)22)17(14(21)23-6)12(9-11(2)3)16(17,4)5/h1,9,12H,8,10H2,2-6H3. The van der Waals surface area contributed by atoms with Gasteiger partial charge in [-0.25, -0.2) is 14.5 Å². The van der Waals surface area contributed by atoms with E-state index in [0.29, 0.717) is 0 Å². The van der Waals surface area contributed by atoms with Crippen LogP contribution in [0, 0.1) is 23.7 Å². The second kappa shape index (κ2) is 5.41. The Morgan fingerprint density at radius 2 is 2.04 bits per heavy atom. The number of carbonyl (C=O) groups excluding carboxylic acids is 3. The lowest BCUT2D eigenvalue weighted by atomic mass is 10.0. The number of hydrogen-bond acceptors (Lipinski definition) is 4. The zero-order valence-corrected chi connectivity index (χ0v) is 14.2. The van der Waals surface area contributed by atoms with Crippen molar-refractivity contribution in [1.82, 2.24) is 9.80 Å². The lowest BCUT2D eigenvalue weighted by molar-refractivity contribution is -0.153. The van der Waals surface area contributed by atoms with E-state index in [9.17, 15) is 14.4 Å². The van der Waals surface area contributed by atoms with Crippen LogP contribution in [0.15, 0.2) is 11.6 Å². The van der Waals surface area contributed by atoms with Crippen molar-refractivity contribution in [2.45, 2.75) is 33.2 Å². The van der Waals surface area contributed by atoms with E-state index in [2.05, 4.69) is 5.92 Å². The Morgan fingerprint density at radius 3 is 2.52 bits per heavy atom. The monoisotopic (exact) mass is 318 g/mol. The smallest absolute Gasteiger partial charge is 0.333 e. The second-order valence-electron chi connectivity index (χ2n) is 6.77. The van der Waals surface area contributed by atoms with E-state index >= 15 is 0 Å². The van der Waals surface area contributed by atoms with E-state index in [1.54, 1.807) is 0 Å². The summed E-state index contributed by atoms with van der Waals surface area (Å²) in [5.41, 5.74) is -0.904. The summed E-state index contributed by atoms with van der Waals surface area (Å²) in [5, 5.41) is 0. The average molecular weight is 318 g/mol. The topological polar surface area (TPSA) is 66.9 Å². The number of nitrogens with zero attached hydrogens (tertiary/aromatic N) is 2. The van der Waals surface area contributed by atoms with Gasteiger partial charge in [-0.3, -0.25) is 4.79 Å². The van der Waals surface area contributed by atoms with Crippen molar-refractivity contribution in [2.75, 3.05) is 20.2 Å². The second-order valence-corrected chi connectivity index (χ2v) is 6.77. The number of esters is 1. The van der Waals surface area contributed by atoms with Crippen molar-refractivity contribution in [1.29, 1.82) is 0 Å². The van der Waals surface area contributed by atoms with Crippen LogP contribution in [0.4, 0.5) is 4.79 Å². The van der Waals surface area contributed by atoms with Crippen LogP contribution in [-0.4, -0.2) is 53.4 Å². The van der Waals surface area contributed by atoms with Gasteiger partial charge in [-0.05, 0) is 13.8 Å². The Balaban J connectivity index is 2.53. The van der Waals surface area contributed by atoms with Gasteiger partial charge in [0.25, 0.3) is 5.91 Å². The van der Waals surface area contributed by atoms with E-state index in [-0.39, 0.29) is 19.0 Å². The third-order valence-corrected chi connectivity index (χ3v) is 4.80. The summed E-state index contributed by atoms with van der Waals surface area (Å²) in [6.07, 6.45) is 7.16. The quantitative estimate of drug-likeness (QED) is 0.340. The maximum Gasteiger partial charge on any atom is 0.333 e. The van der Waals surface area contributed by atoms with Gasteiger partial charge in [0, 0.05) is 11.3 Å². The average Bonchev–Trinajstić information content (AvgIpc) is 2.77. The van der Waals surface area contributed by atoms with Crippen molar-refractivity contribution >= 4 is 17.9 Å². The Labute approximate surface area is 136 Å². The highest BCUT2D eigenvalue weighted by atomic mass is 16.5. The van der Waals surface area contributed by atoms with Crippen molar-refractivity contribution in [3.63, 3.8) is 0 Å². The molecule has 0 aromatic carbocycles. The highest BCUT2D eigenvalue weighted by Crippen LogP contribution is 2.67. The van der Waals surface area contributed by atoms with Crippen molar-refractivity contribution in [2.24, 2.45) is 11.3 Å². The molecule has 0 spiro atoms. The maximum absolute atomic E-state index is 12.6. The first-order valence-corrected chi connectivity index (χ1v) is 7.45. The number of methoxy groups -OCH3 is 1. The number of imide groups is 1. The van der Waals surface area contributed by atoms with Gasteiger partial charge in [0.1, 0.15) is 6.54 Å². The SMILES string of the molecule is C#CCN1CC(=O)N(C2(C(=O)OC)C(C=C(C)C)C2(C)C)C1=O. The van der Waals surface area contributed by atoms with Crippen molar-refractivity contribution in [3.8, 4) is 12.3 Å². The zero-order valence-electron chi connectivity index (χ0n) is 14.2. The van der Waals surface area contributed by atoms with E-state index in [1.165, 1.54) is 12.0 Å². The molecule has 0 aromatic rings. The van der Waals surface area contributed by atoms with Crippen LogP contribution in [0.1, 0.15) is 27.7 Å². The minimum Gasteiger partial charge on any atom is -0.467 e. The molecular weight excluding hydrogens is 296 g/mol. The molecule has 23 heavy (non-hydrogen) atoms. The molecule has 0 radical (unpaired) electrons. The third kappa shape index (κ3) is 2.14. The minimum atomic E-state index is -1.31. The van der Waals surface area contributed by atoms with Crippen LogP contribution in [0.5, 0.6) is 0 Å². The molecule has 6 nitrogen and oxygen atoms in total. The number of hydrogen-bond donors (Lipinski definition) is 0. The predicted octanol–water partition coefficient (Wildman–Crippen LogP) is 1.42. The molecule has 0 aromatic heterocycles. The van der Waals surface area contributed by atoms with E-state index in [4.69, 9.17) is 11.2 Å². The summed E-state index contributed by atoms with van der Waals surface area (Å²) in [6.45, 7) is 7.46. The normalized spacial score (nSPS) is 28.4. The summed E-state index contributed by atoms with van der Waals surface area (Å²) >= 11 is 0. The number of allylic oxidation sites excluding steroid dienone is 1. The number of terminal acetylenes is 1. The maximum atomic E-state index is 12.6. The fourth-order valence-corrected chi connectivity index (χ4v) is 3.64. The zero-order chi connectivity index (χ0) is 17.6. The van der Waals surface area contributed by atoms with Crippen LogP contribution in [0.3, 0.4) is 0 Å². The molecule has 1 heterocycles. The fraction of sp³-hybridized carbons (Fsp3) is 0.588. The Hall–Kier alpha value is -2.29. The van der Waals surface area contributed by atoms with Crippen LogP contribution >= 0.6 is 0 Å². The molecule has 1 saturated carbocycles. The van der Waals surface area contributed by atoms with Gasteiger partial charge in [0.2, 0.25) is 0 Å². The molecule has 1 aliphatic heterocycles. The fourth-order valence-electron chi connectivity index (χ4n) is 3.64. The van der Waals surface area contributed by atoms with Gasteiger partial charge in [0.15, 0.2) is 5.54 Å². The summed E-state index contributed by atoms with van der Waals surface area (Å²) in [4.78, 5) is 40.0. The van der Waals surface area contributed by atoms with E-state index in [1.807, 2.05) is 33.8 Å². The third-order valence-electron chi connectivity index (χ3n) is 4.80. The van der Waals surface area contributed by atoms with Gasteiger partial charge >= 0.3 is 12.0 Å². The summed E-state index contributed by atoms with van der Waals surface area (Å²) in [5.74, 6) is 1.07. The van der Waals surface area contributed by atoms with Crippen LogP contribution < -0.4 is 0 Å². The first-order valence-electron chi connectivity index (χ1n) is 7.45. The predicted molar refractivity (Wildman–Crippen MR) is 84.1 cm³/mol. The van der Waals surface area contributed by atoms with Gasteiger partial charge in [0.05, 0.1) is 13.7 Å². The van der Waals surface area contributed by atoms with Crippen LogP contribution in [0.2, 0.25) is 0 Å². The van der Waals surface area contributed by atoms with Crippen molar-refractivity contribution in [3.05, 3.63) is 11.6 Å². The van der Waals surface area contributed by atoms with Gasteiger partial charge in [-0.1, -0.05) is 31.4 Å². The number of rotatable bonds is 4. The largest absolute Gasteiger partial charge is 0.467 e. The lowest BCUT2D eigenvalue weighted by Crippen LogP contribution is -2.52. The number of urea groups is 1. The molecule has 2 rings (SSSR count). The van der Waals surface area contributed by atoms with Crippen LogP contribution in [0.25, 0.3) is 0 Å². The molecule has 1 saturated heterocycles. The Bertz CT molecular complexity index is 639. The van der Waals surface area contributed by atoms with Crippen LogP contribution in [-0.2, 0) is 14.3 Å². The summed E-state index contributed by atoms with van der Waals surface area (Å²) < 4.78 is 4.96. The highest BCUT2D eigenvalue weighted by molar-refractivity contribution is 6.08. The molecule has 2 unspecified atom stereocenters. The molecule has 2 aliphatic rings.